The Morgan fingerprint density at radius 2 is 2.16 bits per heavy atom. The van der Waals surface area contributed by atoms with Crippen LogP contribution >= 0.6 is 22.9 Å². The summed E-state index contributed by atoms with van der Waals surface area (Å²) in [6.07, 6.45) is 1.14. The van der Waals surface area contributed by atoms with Gasteiger partial charge in [-0.2, -0.15) is 0 Å². The van der Waals surface area contributed by atoms with E-state index in [-0.39, 0.29) is 11.9 Å². The predicted octanol–water partition coefficient (Wildman–Crippen LogP) is 4.29. The van der Waals surface area contributed by atoms with Gasteiger partial charge in [-0.1, -0.05) is 17.7 Å². The Kier molecular flexibility index (Phi) is 7.75. The lowest BCUT2D eigenvalue weighted by atomic mass is 10.2. The predicted molar refractivity (Wildman–Crippen MR) is 105 cm³/mol. The summed E-state index contributed by atoms with van der Waals surface area (Å²) in [7, 11) is 4.05. The number of likely N-dealkylation sites (N-methyl/N-ethyl adjacent to an activating group) is 1. The summed E-state index contributed by atoms with van der Waals surface area (Å²) in [6, 6.07) is 9.92. The van der Waals surface area contributed by atoms with E-state index in [1.807, 2.05) is 45.3 Å². The van der Waals surface area contributed by atoms with E-state index in [0.29, 0.717) is 26.0 Å². The van der Waals surface area contributed by atoms with Crippen molar-refractivity contribution >= 4 is 28.8 Å². The molecule has 1 atom stereocenters. The van der Waals surface area contributed by atoms with Crippen LogP contribution in [0.15, 0.2) is 35.7 Å². The summed E-state index contributed by atoms with van der Waals surface area (Å²) < 4.78 is 5.67. The van der Waals surface area contributed by atoms with Crippen LogP contribution in [0.4, 0.5) is 0 Å². The normalized spacial score (nSPS) is 12.2. The van der Waals surface area contributed by atoms with E-state index >= 15 is 0 Å². The van der Waals surface area contributed by atoms with E-state index in [0.717, 1.165) is 16.3 Å². The molecule has 0 spiro atoms. The number of benzene rings is 1. The minimum atomic E-state index is 0.0549. The topological polar surface area (TPSA) is 41.6 Å². The van der Waals surface area contributed by atoms with Crippen LogP contribution in [0.2, 0.25) is 5.02 Å². The highest BCUT2D eigenvalue weighted by Gasteiger charge is 2.16. The molecule has 0 aliphatic rings. The molecule has 0 aliphatic carbocycles. The standard InChI is InChI=1S/C19H25ClN2O2S/c1-14-12-15(8-9-16(14)20)24-10-4-7-19(23)21-13-17(22(2)3)18-6-5-11-25-18/h5-6,8-9,11-12,17H,4,7,10,13H2,1-3H3,(H,21,23). The number of carbonyl (C=O) groups excluding carboxylic acids is 1. The second-order valence-electron chi connectivity index (χ2n) is 6.16. The number of thiophene rings is 1. The molecule has 136 valence electrons. The lowest BCUT2D eigenvalue weighted by molar-refractivity contribution is -0.121. The maximum absolute atomic E-state index is 12.1. The fraction of sp³-hybridized carbons (Fsp3) is 0.421. The first-order valence-corrected chi connectivity index (χ1v) is 9.58. The number of halogens is 1. The van der Waals surface area contributed by atoms with Gasteiger partial charge in [0.1, 0.15) is 5.75 Å². The number of ether oxygens (including phenoxy) is 1. The van der Waals surface area contributed by atoms with Gasteiger partial charge in [-0.15, -0.1) is 11.3 Å². The van der Waals surface area contributed by atoms with Crippen molar-refractivity contribution in [1.29, 1.82) is 0 Å². The van der Waals surface area contributed by atoms with Gasteiger partial charge < -0.3 is 15.0 Å². The van der Waals surface area contributed by atoms with E-state index in [1.165, 1.54) is 4.88 Å². The first kappa shape index (κ1) is 19.8. The number of nitrogens with one attached hydrogen (secondary N) is 1. The Hall–Kier alpha value is -1.56. The van der Waals surface area contributed by atoms with E-state index in [2.05, 4.69) is 21.7 Å². The van der Waals surface area contributed by atoms with Crippen molar-refractivity contribution in [2.24, 2.45) is 0 Å². The smallest absolute Gasteiger partial charge is 0.220 e. The molecule has 25 heavy (non-hydrogen) atoms. The van der Waals surface area contributed by atoms with Gasteiger partial charge in [0.05, 0.1) is 12.6 Å². The van der Waals surface area contributed by atoms with Gasteiger partial charge in [0.2, 0.25) is 5.91 Å². The molecule has 0 aliphatic heterocycles. The third-order valence-corrected chi connectivity index (χ3v) is 5.33. The van der Waals surface area contributed by atoms with Crippen LogP contribution in [-0.4, -0.2) is 38.1 Å². The molecule has 0 radical (unpaired) electrons. The monoisotopic (exact) mass is 380 g/mol. The number of aryl methyl sites for hydroxylation is 1. The zero-order valence-corrected chi connectivity index (χ0v) is 16.5. The van der Waals surface area contributed by atoms with Crippen LogP contribution in [0.1, 0.15) is 29.3 Å². The summed E-state index contributed by atoms with van der Waals surface area (Å²) >= 11 is 7.70. The molecule has 6 heteroatoms. The summed E-state index contributed by atoms with van der Waals surface area (Å²) in [5, 5.41) is 5.81. The number of hydrogen-bond donors (Lipinski definition) is 1. The van der Waals surface area contributed by atoms with E-state index in [9.17, 15) is 4.79 Å². The van der Waals surface area contributed by atoms with Gasteiger partial charge >= 0.3 is 0 Å². The van der Waals surface area contributed by atoms with Crippen LogP contribution in [-0.2, 0) is 4.79 Å². The van der Waals surface area contributed by atoms with Crippen LogP contribution < -0.4 is 10.1 Å². The number of nitrogens with zero attached hydrogens (tertiary/aromatic N) is 1. The molecule has 1 N–H and O–H groups in total. The Labute approximate surface area is 158 Å². The van der Waals surface area contributed by atoms with Crippen LogP contribution in [0.3, 0.4) is 0 Å². The number of hydrogen-bond acceptors (Lipinski definition) is 4. The average molecular weight is 381 g/mol. The molecule has 1 aromatic heterocycles. The Morgan fingerprint density at radius 3 is 2.80 bits per heavy atom. The Balaban J connectivity index is 1.69. The van der Waals surface area contributed by atoms with Crippen molar-refractivity contribution in [2.75, 3.05) is 27.2 Å². The van der Waals surface area contributed by atoms with E-state index < -0.39 is 0 Å². The lowest BCUT2D eigenvalue weighted by Gasteiger charge is -2.23. The average Bonchev–Trinajstić information content (AvgIpc) is 3.09. The largest absolute Gasteiger partial charge is 0.494 e. The highest BCUT2D eigenvalue weighted by atomic mass is 35.5. The molecule has 0 saturated carbocycles. The van der Waals surface area contributed by atoms with Gasteiger partial charge in [0.15, 0.2) is 0 Å². The number of rotatable bonds is 9. The molecule has 0 saturated heterocycles. The molecule has 1 heterocycles. The van der Waals surface area contributed by atoms with Crippen LogP contribution in [0.25, 0.3) is 0 Å². The zero-order valence-electron chi connectivity index (χ0n) is 14.9. The fourth-order valence-corrected chi connectivity index (χ4v) is 3.49. The van der Waals surface area contributed by atoms with Crippen LogP contribution in [0.5, 0.6) is 5.75 Å². The van der Waals surface area contributed by atoms with Crippen molar-refractivity contribution in [3.05, 3.63) is 51.2 Å². The van der Waals surface area contributed by atoms with Gasteiger partial charge in [-0.05, 0) is 62.6 Å². The molecule has 1 aromatic carbocycles. The van der Waals surface area contributed by atoms with Crippen LogP contribution in [0, 0.1) is 6.92 Å². The molecule has 1 amide bonds. The third kappa shape index (κ3) is 6.34. The third-order valence-electron chi connectivity index (χ3n) is 3.93. The summed E-state index contributed by atoms with van der Waals surface area (Å²) in [6.45, 7) is 3.07. The molecule has 2 rings (SSSR count). The fourth-order valence-electron chi connectivity index (χ4n) is 2.45. The molecule has 2 aromatic rings. The van der Waals surface area contributed by atoms with Crippen molar-refractivity contribution in [1.82, 2.24) is 10.2 Å². The number of carbonyl (C=O) groups is 1. The first-order valence-electron chi connectivity index (χ1n) is 8.33. The molecular weight excluding hydrogens is 356 g/mol. The highest BCUT2D eigenvalue weighted by molar-refractivity contribution is 7.10. The minimum Gasteiger partial charge on any atom is -0.494 e. The van der Waals surface area contributed by atoms with Crippen molar-refractivity contribution in [3.63, 3.8) is 0 Å². The summed E-state index contributed by atoms with van der Waals surface area (Å²) in [5.41, 5.74) is 0.986. The van der Waals surface area contributed by atoms with Gasteiger partial charge in [0, 0.05) is 22.9 Å². The highest BCUT2D eigenvalue weighted by Crippen LogP contribution is 2.22. The number of amides is 1. The Bertz CT molecular complexity index is 674. The maximum atomic E-state index is 12.1. The SMILES string of the molecule is Cc1cc(OCCCC(=O)NCC(c2cccs2)N(C)C)ccc1Cl. The first-order chi connectivity index (χ1) is 12.0. The lowest BCUT2D eigenvalue weighted by Crippen LogP contribution is -2.34. The minimum absolute atomic E-state index is 0.0549. The molecule has 1 unspecified atom stereocenters. The molecule has 4 nitrogen and oxygen atoms in total. The zero-order chi connectivity index (χ0) is 18.2. The van der Waals surface area contributed by atoms with Crippen molar-refractivity contribution in [2.45, 2.75) is 25.8 Å². The van der Waals surface area contributed by atoms with Crippen molar-refractivity contribution in [3.8, 4) is 5.75 Å². The molecule has 0 bridgehead atoms. The quantitative estimate of drug-likeness (QED) is 0.660. The second kappa shape index (κ2) is 9.80. The van der Waals surface area contributed by atoms with E-state index in [4.69, 9.17) is 16.3 Å². The van der Waals surface area contributed by atoms with Gasteiger partial charge in [-0.3, -0.25) is 4.79 Å². The van der Waals surface area contributed by atoms with E-state index in [1.54, 1.807) is 11.3 Å². The summed E-state index contributed by atoms with van der Waals surface area (Å²) in [5.74, 6) is 0.840. The second-order valence-corrected chi connectivity index (χ2v) is 7.55. The molecular formula is C19H25ClN2O2S. The Morgan fingerprint density at radius 1 is 1.36 bits per heavy atom. The molecule has 0 fully saturated rings. The van der Waals surface area contributed by atoms with Gasteiger partial charge in [-0.25, -0.2) is 0 Å². The summed E-state index contributed by atoms with van der Waals surface area (Å²) in [4.78, 5) is 15.4. The maximum Gasteiger partial charge on any atom is 0.220 e. The van der Waals surface area contributed by atoms with Crippen molar-refractivity contribution < 1.29 is 9.53 Å². The van der Waals surface area contributed by atoms with Gasteiger partial charge in [0.25, 0.3) is 0 Å².